The van der Waals surface area contributed by atoms with Gasteiger partial charge < -0.3 is 14.7 Å². The van der Waals surface area contributed by atoms with Crippen LogP contribution in [0.1, 0.15) is 50.9 Å². The van der Waals surface area contributed by atoms with Crippen LogP contribution in [0.4, 0.5) is 0 Å². The number of aromatic nitrogens is 3. The molecule has 0 aromatic carbocycles. The fourth-order valence-electron chi connectivity index (χ4n) is 3.89. The minimum atomic E-state index is 0.586. The molecule has 2 aromatic rings. The molecule has 156 valence electrons. The van der Waals surface area contributed by atoms with Gasteiger partial charge in [-0.3, -0.25) is 4.68 Å². The largest absolute Gasteiger partial charge is 0.361 e. The van der Waals surface area contributed by atoms with Gasteiger partial charge in [-0.05, 0) is 51.6 Å². The van der Waals surface area contributed by atoms with E-state index in [0.717, 1.165) is 61.2 Å². The molecular formula is C21H34ClN5O. The van der Waals surface area contributed by atoms with Crippen LogP contribution >= 0.6 is 11.6 Å². The maximum Gasteiger partial charge on any atom is 0.134 e. The number of nitrogens with zero attached hydrogens (tertiary/aromatic N) is 4. The lowest BCUT2D eigenvalue weighted by molar-refractivity contribution is 0.260. The van der Waals surface area contributed by atoms with Crippen molar-refractivity contribution in [1.29, 1.82) is 0 Å². The quantitative estimate of drug-likeness (QED) is 0.714. The third kappa shape index (κ3) is 5.58. The smallest absolute Gasteiger partial charge is 0.134 e. The molecule has 2 aromatic heterocycles. The minimum absolute atomic E-state index is 0.586. The molecule has 1 aliphatic heterocycles. The summed E-state index contributed by atoms with van der Waals surface area (Å²) in [6.45, 7) is 10.8. The normalized spacial score (nSPS) is 18.7. The number of aryl methyl sites for hydroxylation is 2. The van der Waals surface area contributed by atoms with Crippen molar-refractivity contribution in [2.75, 3.05) is 26.2 Å². The summed E-state index contributed by atoms with van der Waals surface area (Å²) >= 11 is 6.56. The van der Waals surface area contributed by atoms with Gasteiger partial charge in [0.2, 0.25) is 0 Å². The highest BCUT2D eigenvalue weighted by molar-refractivity contribution is 6.30. The number of hydrogen-bond acceptors (Lipinski definition) is 5. The van der Waals surface area contributed by atoms with Crippen LogP contribution in [-0.4, -0.2) is 52.1 Å². The predicted octanol–water partition coefficient (Wildman–Crippen LogP) is 4.07. The van der Waals surface area contributed by atoms with Gasteiger partial charge in [0, 0.05) is 37.8 Å². The van der Waals surface area contributed by atoms with Crippen molar-refractivity contribution in [1.82, 2.24) is 25.2 Å². The number of nitrogens with one attached hydrogen (secondary N) is 1. The van der Waals surface area contributed by atoms with Crippen LogP contribution in [-0.2, 0) is 13.5 Å². The van der Waals surface area contributed by atoms with E-state index in [4.69, 9.17) is 16.1 Å². The molecule has 0 saturated carbocycles. The Balaban J connectivity index is 1.63. The van der Waals surface area contributed by atoms with Gasteiger partial charge in [-0.2, -0.15) is 5.10 Å². The van der Waals surface area contributed by atoms with Crippen molar-refractivity contribution in [3.8, 4) is 11.4 Å². The highest BCUT2D eigenvalue weighted by Crippen LogP contribution is 2.28. The molecule has 7 heteroatoms. The lowest BCUT2D eigenvalue weighted by atomic mass is 10.1. The Morgan fingerprint density at radius 2 is 2.18 bits per heavy atom. The molecular weight excluding hydrogens is 374 g/mol. The van der Waals surface area contributed by atoms with Gasteiger partial charge in [0.05, 0.1) is 0 Å². The van der Waals surface area contributed by atoms with Crippen molar-refractivity contribution in [2.45, 2.75) is 58.9 Å². The predicted molar refractivity (Wildman–Crippen MR) is 114 cm³/mol. The van der Waals surface area contributed by atoms with Crippen molar-refractivity contribution in [2.24, 2.45) is 13.0 Å². The Labute approximate surface area is 173 Å². The first-order valence-electron chi connectivity index (χ1n) is 10.5. The van der Waals surface area contributed by atoms with Gasteiger partial charge in [0.25, 0.3) is 0 Å². The van der Waals surface area contributed by atoms with Gasteiger partial charge in [0.1, 0.15) is 22.3 Å². The summed E-state index contributed by atoms with van der Waals surface area (Å²) in [6.07, 6.45) is 5.94. The van der Waals surface area contributed by atoms with Crippen molar-refractivity contribution in [3.05, 3.63) is 22.5 Å². The average molecular weight is 408 g/mol. The van der Waals surface area contributed by atoms with Gasteiger partial charge in [0.15, 0.2) is 0 Å². The molecule has 0 radical (unpaired) electrons. The molecule has 3 heterocycles. The molecule has 1 fully saturated rings. The summed E-state index contributed by atoms with van der Waals surface area (Å²) < 4.78 is 6.97. The van der Waals surface area contributed by atoms with Crippen LogP contribution in [0.5, 0.6) is 0 Å². The summed E-state index contributed by atoms with van der Waals surface area (Å²) in [5.74, 6) is 1.53. The first kappa shape index (κ1) is 21.3. The van der Waals surface area contributed by atoms with Crippen LogP contribution in [0.2, 0.25) is 5.15 Å². The molecule has 0 spiro atoms. The third-order valence-electron chi connectivity index (χ3n) is 5.53. The highest BCUT2D eigenvalue weighted by atomic mass is 35.5. The second-order valence-corrected chi connectivity index (χ2v) is 8.80. The Morgan fingerprint density at radius 1 is 1.36 bits per heavy atom. The lowest BCUT2D eigenvalue weighted by Crippen LogP contribution is -2.41. The molecule has 1 atom stereocenters. The fraction of sp³-hybridized carbons (Fsp3) is 0.714. The zero-order valence-electron chi connectivity index (χ0n) is 17.7. The van der Waals surface area contributed by atoms with Gasteiger partial charge in [-0.15, -0.1) is 0 Å². The first-order valence-corrected chi connectivity index (χ1v) is 10.9. The van der Waals surface area contributed by atoms with Crippen LogP contribution in [0.25, 0.3) is 11.4 Å². The molecule has 0 aliphatic carbocycles. The summed E-state index contributed by atoms with van der Waals surface area (Å²) in [5, 5.41) is 13.2. The zero-order chi connectivity index (χ0) is 20.1. The molecule has 0 amide bonds. The SMILES string of the molecule is Cc1cc(-c2nn(C)c(Cl)c2CCN2CCCCC(NCCC(C)C)C2)no1. The van der Waals surface area contributed by atoms with Crippen LogP contribution in [0, 0.1) is 12.8 Å². The molecule has 1 unspecified atom stereocenters. The van der Waals surface area contributed by atoms with Crippen molar-refractivity contribution in [3.63, 3.8) is 0 Å². The Kier molecular flexibility index (Phi) is 7.55. The van der Waals surface area contributed by atoms with E-state index in [1.54, 1.807) is 4.68 Å². The Bertz CT molecular complexity index is 754. The fourth-order valence-corrected chi connectivity index (χ4v) is 4.11. The van der Waals surface area contributed by atoms with Gasteiger partial charge in [-0.25, -0.2) is 0 Å². The molecule has 1 aliphatic rings. The van der Waals surface area contributed by atoms with Crippen LogP contribution in [0.3, 0.4) is 0 Å². The number of halogens is 1. The second-order valence-electron chi connectivity index (χ2n) is 8.44. The second kappa shape index (κ2) is 9.90. The van der Waals surface area contributed by atoms with E-state index >= 15 is 0 Å². The maximum absolute atomic E-state index is 6.56. The third-order valence-corrected chi connectivity index (χ3v) is 6.00. The highest BCUT2D eigenvalue weighted by Gasteiger charge is 2.22. The number of likely N-dealkylation sites (tertiary alicyclic amines) is 1. The minimum Gasteiger partial charge on any atom is -0.361 e. The van der Waals surface area contributed by atoms with Gasteiger partial charge in [-0.1, -0.05) is 37.0 Å². The van der Waals surface area contributed by atoms with Crippen molar-refractivity contribution >= 4 is 11.6 Å². The van der Waals surface area contributed by atoms with Crippen LogP contribution < -0.4 is 5.32 Å². The summed E-state index contributed by atoms with van der Waals surface area (Å²) in [5.41, 5.74) is 2.66. The summed E-state index contributed by atoms with van der Waals surface area (Å²) in [4.78, 5) is 2.57. The number of hydrogen-bond donors (Lipinski definition) is 1. The summed E-state index contributed by atoms with van der Waals surface area (Å²) in [7, 11) is 1.88. The molecule has 3 rings (SSSR count). The van der Waals surface area contributed by atoms with E-state index < -0.39 is 0 Å². The monoisotopic (exact) mass is 407 g/mol. The lowest BCUT2D eigenvalue weighted by Gasteiger charge is -2.25. The van der Waals surface area contributed by atoms with E-state index in [2.05, 4.69) is 34.3 Å². The van der Waals surface area contributed by atoms with E-state index in [1.807, 2.05) is 20.0 Å². The zero-order valence-corrected chi connectivity index (χ0v) is 18.4. The Hall–Kier alpha value is -1.37. The average Bonchev–Trinajstić information content (AvgIpc) is 3.10. The van der Waals surface area contributed by atoms with Crippen LogP contribution in [0.15, 0.2) is 10.6 Å². The van der Waals surface area contributed by atoms with E-state index in [-0.39, 0.29) is 0 Å². The molecule has 0 bridgehead atoms. The topological polar surface area (TPSA) is 59.1 Å². The molecule has 6 nitrogen and oxygen atoms in total. The van der Waals surface area contributed by atoms with Crippen molar-refractivity contribution < 1.29 is 4.52 Å². The van der Waals surface area contributed by atoms with E-state index in [1.165, 1.54) is 25.7 Å². The summed E-state index contributed by atoms with van der Waals surface area (Å²) in [6, 6.07) is 2.51. The van der Waals surface area contributed by atoms with E-state index in [9.17, 15) is 0 Å². The van der Waals surface area contributed by atoms with Gasteiger partial charge >= 0.3 is 0 Å². The Morgan fingerprint density at radius 3 is 2.89 bits per heavy atom. The van der Waals surface area contributed by atoms with E-state index in [0.29, 0.717) is 11.2 Å². The molecule has 28 heavy (non-hydrogen) atoms. The first-order chi connectivity index (χ1) is 13.4. The molecule has 1 N–H and O–H groups in total. The number of rotatable bonds is 8. The molecule has 1 saturated heterocycles. The maximum atomic E-state index is 6.56. The standard InChI is InChI=1S/C21H34ClN5O/c1-15(2)8-10-23-17-7-5-6-11-27(14-17)12-9-18-20(24-26(4)21(18)22)19-13-16(3)28-25-19/h13,15,17,23H,5-12,14H2,1-4H3.